The van der Waals surface area contributed by atoms with E-state index in [1.807, 2.05) is 0 Å². The minimum absolute atomic E-state index is 0.0531. The molecule has 0 N–H and O–H groups in total. The van der Waals surface area contributed by atoms with Gasteiger partial charge in [-0.15, -0.1) is 0 Å². The Morgan fingerprint density at radius 3 is 2.43 bits per heavy atom. The number of hydrogen-bond acceptors (Lipinski definition) is 4. The molecule has 0 aromatic rings. The molecule has 1 rings (SSSR count). The number of carbonyl (C=O) groups excluding carboxylic acids is 2. The second-order valence-corrected chi connectivity index (χ2v) is 5.67. The standard InChI is InChI=1S/C8H13NO4S/c1-2-14(12,13)6-5-9-4-3-7(10)8(9)11/h2-6H2,1H3. The van der Waals surface area contributed by atoms with E-state index in [4.69, 9.17) is 0 Å². The van der Waals surface area contributed by atoms with Gasteiger partial charge in [-0.3, -0.25) is 9.59 Å². The van der Waals surface area contributed by atoms with Crippen LogP contribution in [0, 0.1) is 0 Å². The minimum atomic E-state index is -3.05. The fourth-order valence-electron chi connectivity index (χ4n) is 1.23. The molecule has 1 amide bonds. The molecule has 1 saturated heterocycles. The van der Waals surface area contributed by atoms with Crippen LogP contribution in [-0.4, -0.2) is 49.6 Å². The van der Waals surface area contributed by atoms with Crippen molar-refractivity contribution in [2.45, 2.75) is 13.3 Å². The summed E-state index contributed by atoms with van der Waals surface area (Å²) in [5.74, 6) is -0.943. The Morgan fingerprint density at radius 1 is 1.36 bits per heavy atom. The van der Waals surface area contributed by atoms with Crippen LogP contribution >= 0.6 is 0 Å². The number of nitrogens with zero attached hydrogens (tertiary/aromatic N) is 1. The molecular weight excluding hydrogens is 206 g/mol. The monoisotopic (exact) mass is 219 g/mol. The molecule has 1 aliphatic rings. The maximum Gasteiger partial charge on any atom is 0.290 e. The lowest BCUT2D eigenvalue weighted by atomic mass is 10.3. The Hall–Kier alpha value is -0.910. The van der Waals surface area contributed by atoms with Crippen molar-refractivity contribution in [2.75, 3.05) is 24.6 Å². The third kappa shape index (κ3) is 2.54. The van der Waals surface area contributed by atoms with E-state index in [0.29, 0.717) is 6.54 Å². The van der Waals surface area contributed by atoms with Gasteiger partial charge in [0.15, 0.2) is 9.84 Å². The maximum atomic E-state index is 11.1. The van der Waals surface area contributed by atoms with Gasteiger partial charge in [0.2, 0.25) is 5.78 Å². The highest BCUT2D eigenvalue weighted by atomic mass is 32.2. The van der Waals surface area contributed by atoms with Crippen molar-refractivity contribution < 1.29 is 18.0 Å². The van der Waals surface area contributed by atoms with Gasteiger partial charge in [-0.1, -0.05) is 6.92 Å². The Balaban J connectivity index is 2.48. The van der Waals surface area contributed by atoms with Gasteiger partial charge in [-0.25, -0.2) is 8.42 Å². The fourth-order valence-corrected chi connectivity index (χ4v) is 2.02. The van der Waals surface area contributed by atoms with Crippen LogP contribution < -0.4 is 0 Å². The number of rotatable bonds is 4. The summed E-state index contributed by atoms with van der Waals surface area (Å²) in [6.07, 6.45) is 0.213. The molecule has 14 heavy (non-hydrogen) atoms. The molecule has 0 unspecified atom stereocenters. The van der Waals surface area contributed by atoms with E-state index >= 15 is 0 Å². The minimum Gasteiger partial charge on any atom is -0.335 e. The molecule has 6 heteroatoms. The highest BCUT2D eigenvalue weighted by Crippen LogP contribution is 2.06. The van der Waals surface area contributed by atoms with Crippen LogP contribution in [0.2, 0.25) is 0 Å². The highest BCUT2D eigenvalue weighted by Gasteiger charge is 2.29. The van der Waals surface area contributed by atoms with E-state index in [2.05, 4.69) is 0 Å². The molecule has 1 heterocycles. The van der Waals surface area contributed by atoms with E-state index in [-0.39, 0.29) is 24.5 Å². The quantitative estimate of drug-likeness (QED) is 0.582. The fraction of sp³-hybridized carbons (Fsp3) is 0.750. The molecule has 80 valence electrons. The first kappa shape index (κ1) is 11.2. The number of Topliss-reactive ketones (excluding diaryl/α,β-unsaturated/α-hetero) is 1. The lowest BCUT2D eigenvalue weighted by Gasteiger charge is -2.13. The summed E-state index contributed by atoms with van der Waals surface area (Å²) in [7, 11) is -3.05. The van der Waals surface area contributed by atoms with Crippen molar-refractivity contribution in [3.63, 3.8) is 0 Å². The summed E-state index contributed by atoms with van der Waals surface area (Å²) in [5, 5.41) is 0. The molecule has 0 spiro atoms. The maximum absolute atomic E-state index is 11.1. The largest absolute Gasteiger partial charge is 0.335 e. The first-order chi connectivity index (χ1) is 6.46. The summed E-state index contributed by atoms with van der Waals surface area (Å²) < 4.78 is 22.2. The predicted octanol–water partition coefficient (Wildman–Crippen LogP) is -0.777. The van der Waals surface area contributed by atoms with E-state index in [0.717, 1.165) is 0 Å². The number of hydrogen-bond donors (Lipinski definition) is 0. The summed E-state index contributed by atoms with van der Waals surface area (Å²) in [6, 6.07) is 0. The smallest absolute Gasteiger partial charge is 0.290 e. The molecule has 1 fully saturated rings. The van der Waals surface area contributed by atoms with Crippen LogP contribution in [0.1, 0.15) is 13.3 Å². The number of carbonyl (C=O) groups is 2. The topological polar surface area (TPSA) is 71.5 Å². The molecule has 0 aliphatic carbocycles. The van der Waals surface area contributed by atoms with Crippen molar-refractivity contribution in [1.82, 2.24) is 4.90 Å². The molecule has 0 bridgehead atoms. The van der Waals surface area contributed by atoms with E-state index in [1.165, 1.54) is 4.90 Å². The van der Waals surface area contributed by atoms with Gasteiger partial charge < -0.3 is 4.90 Å². The van der Waals surface area contributed by atoms with Crippen LogP contribution in [0.3, 0.4) is 0 Å². The van der Waals surface area contributed by atoms with Crippen molar-refractivity contribution in [1.29, 1.82) is 0 Å². The third-order valence-electron chi connectivity index (χ3n) is 2.25. The van der Waals surface area contributed by atoms with E-state index in [9.17, 15) is 18.0 Å². The molecule has 0 atom stereocenters. The SMILES string of the molecule is CCS(=O)(=O)CCN1CCC(=O)C1=O. The number of likely N-dealkylation sites (tertiary alicyclic amines) is 1. The van der Waals surface area contributed by atoms with Crippen molar-refractivity contribution >= 4 is 21.5 Å². The zero-order chi connectivity index (χ0) is 10.8. The highest BCUT2D eigenvalue weighted by molar-refractivity contribution is 7.91. The second kappa shape index (κ2) is 4.08. The molecule has 0 radical (unpaired) electrons. The van der Waals surface area contributed by atoms with Gasteiger partial charge >= 0.3 is 0 Å². The normalized spacial score (nSPS) is 17.9. The molecule has 0 aromatic carbocycles. The summed E-state index contributed by atoms with van der Waals surface area (Å²) in [5.41, 5.74) is 0. The van der Waals surface area contributed by atoms with Crippen LogP contribution in [0.15, 0.2) is 0 Å². The van der Waals surface area contributed by atoms with Gasteiger partial charge in [0.25, 0.3) is 5.91 Å². The van der Waals surface area contributed by atoms with E-state index < -0.39 is 21.5 Å². The zero-order valence-electron chi connectivity index (χ0n) is 8.02. The Bertz CT molecular complexity index is 346. The first-order valence-electron chi connectivity index (χ1n) is 4.49. The van der Waals surface area contributed by atoms with Gasteiger partial charge in [-0.05, 0) is 0 Å². The van der Waals surface area contributed by atoms with Crippen LogP contribution in [0.4, 0.5) is 0 Å². The van der Waals surface area contributed by atoms with Gasteiger partial charge in [0.1, 0.15) is 0 Å². The van der Waals surface area contributed by atoms with E-state index in [1.54, 1.807) is 6.92 Å². The second-order valence-electron chi connectivity index (χ2n) is 3.20. The summed E-state index contributed by atoms with van der Waals surface area (Å²) in [4.78, 5) is 23.2. The van der Waals surface area contributed by atoms with Gasteiger partial charge in [-0.2, -0.15) is 0 Å². The van der Waals surface area contributed by atoms with Gasteiger partial charge in [0.05, 0.1) is 5.75 Å². The number of sulfone groups is 1. The Labute approximate surface area is 83.0 Å². The lowest BCUT2D eigenvalue weighted by molar-refractivity contribution is -0.139. The van der Waals surface area contributed by atoms with Gasteiger partial charge in [0, 0.05) is 25.3 Å². The predicted molar refractivity (Wildman–Crippen MR) is 50.5 cm³/mol. The lowest BCUT2D eigenvalue weighted by Crippen LogP contribution is -2.32. The zero-order valence-corrected chi connectivity index (χ0v) is 8.84. The Morgan fingerprint density at radius 2 is 2.00 bits per heavy atom. The average Bonchev–Trinajstić information content (AvgIpc) is 2.45. The summed E-state index contributed by atoms with van der Waals surface area (Å²) in [6.45, 7) is 2.06. The molecule has 0 saturated carbocycles. The molecule has 1 aliphatic heterocycles. The van der Waals surface area contributed by atoms with Crippen molar-refractivity contribution in [3.8, 4) is 0 Å². The number of amides is 1. The van der Waals surface area contributed by atoms with Crippen molar-refractivity contribution in [2.24, 2.45) is 0 Å². The summed E-state index contributed by atoms with van der Waals surface area (Å²) >= 11 is 0. The molecular formula is C8H13NO4S. The molecule has 5 nitrogen and oxygen atoms in total. The van der Waals surface area contributed by atoms with Crippen LogP contribution in [0.25, 0.3) is 0 Å². The Kier molecular flexibility index (Phi) is 3.25. The van der Waals surface area contributed by atoms with Crippen LogP contribution in [0.5, 0.6) is 0 Å². The number of ketones is 1. The van der Waals surface area contributed by atoms with Crippen molar-refractivity contribution in [3.05, 3.63) is 0 Å². The third-order valence-corrected chi connectivity index (χ3v) is 3.93. The molecule has 0 aromatic heterocycles. The first-order valence-corrected chi connectivity index (χ1v) is 6.31. The van der Waals surface area contributed by atoms with Crippen LogP contribution in [-0.2, 0) is 19.4 Å². The average molecular weight is 219 g/mol.